The highest BCUT2D eigenvalue weighted by atomic mass is 15.1. The molecule has 101 heavy (non-hydrogen) atoms. The molecule has 0 bridgehead atoms. The second kappa shape index (κ2) is 24.3. The lowest BCUT2D eigenvalue weighted by atomic mass is 9.82. The Hall–Kier alpha value is -12.9. The smallest absolute Gasteiger partial charge is 0.0541 e. The molecule has 19 rings (SSSR count). The second-order valence-electron chi connectivity index (χ2n) is 27.5. The Balaban J connectivity index is 0.787. The van der Waals surface area contributed by atoms with E-state index in [4.69, 9.17) is 0 Å². The first-order chi connectivity index (χ1) is 49.8. The van der Waals surface area contributed by atoms with E-state index in [1.54, 1.807) is 0 Å². The Bertz CT molecular complexity index is 6100. The average Bonchev–Trinajstić information content (AvgIpc) is 1.73. The van der Waals surface area contributed by atoms with Gasteiger partial charge in [-0.3, -0.25) is 0 Å². The molecule has 1 aliphatic carbocycles. The van der Waals surface area contributed by atoms with Gasteiger partial charge < -0.3 is 9.47 Å². The average molecular weight is 1290 g/mol. The van der Waals surface area contributed by atoms with Crippen LogP contribution in [-0.4, -0.2) is 4.57 Å². The lowest BCUT2D eigenvalue weighted by Gasteiger charge is -2.28. The Morgan fingerprint density at radius 1 is 0.218 bits per heavy atom. The topological polar surface area (TPSA) is 8.17 Å². The normalized spacial score (nSPS) is 12.3. The summed E-state index contributed by atoms with van der Waals surface area (Å²) in [7, 11) is 0. The van der Waals surface area contributed by atoms with Gasteiger partial charge >= 0.3 is 0 Å². The van der Waals surface area contributed by atoms with Gasteiger partial charge in [0.15, 0.2) is 0 Å². The Kier molecular flexibility index (Phi) is 14.3. The number of rotatable bonds is 12. The Labute approximate surface area is 589 Å². The summed E-state index contributed by atoms with van der Waals surface area (Å²) in [5.74, 6) is 0. The van der Waals surface area contributed by atoms with Gasteiger partial charge in [-0.15, -0.1) is 0 Å². The zero-order valence-corrected chi connectivity index (χ0v) is 56.2. The van der Waals surface area contributed by atoms with E-state index in [9.17, 15) is 0 Å². The first-order valence-electron chi connectivity index (χ1n) is 35.1. The lowest BCUT2D eigenvalue weighted by molar-refractivity contribution is 0.660. The van der Waals surface area contributed by atoms with Crippen LogP contribution in [0.15, 0.2) is 376 Å². The van der Waals surface area contributed by atoms with Crippen molar-refractivity contribution in [2.24, 2.45) is 0 Å². The van der Waals surface area contributed by atoms with Crippen LogP contribution < -0.4 is 4.90 Å². The van der Waals surface area contributed by atoms with E-state index in [0.29, 0.717) is 0 Å². The minimum Gasteiger partial charge on any atom is -0.310 e. The van der Waals surface area contributed by atoms with E-state index in [1.807, 2.05) is 0 Å². The van der Waals surface area contributed by atoms with Crippen LogP contribution >= 0.6 is 0 Å². The Morgan fingerprint density at radius 2 is 0.614 bits per heavy atom. The fraction of sp³-hybridized carbons (Fsp3) is 0.0303. The van der Waals surface area contributed by atoms with E-state index >= 15 is 0 Å². The SMILES string of the molecule is CC1(C)c2ccccc2-c2ccc(N(c3ccc(-c4cc(-c5cc(-c6ccccc6)cc(-c6ccccc6)c5)cc(-c5ccc(-c6cccc7ccccc67)c6c(-c7cccc8ccccc78)cccc56)c4)cc3)c3ccc(-c4ccc5c(c4)c4ccccc4n5-c4ccccc4)cc3)cc21. The first kappa shape index (κ1) is 59.4. The summed E-state index contributed by atoms with van der Waals surface area (Å²) < 4.78 is 2.38. The Morgan fingerprint density at radius 3 is 1.24 bits per heavy atom. The molecule has 2 nitrogen and oxygen atoms in total. The summed E-state index contributed by atoms with van der Waals surface area (Å²) in [6.07, 6.45) is 0. The zero-order chi connectivity index (χ0) is 67.1. The van der Waals surface area contributed by atoms with Gasteiger partial charge in [0, 0.05) is 38.9 Å². The molecular weight excluding hydrogens is 1220 g/mol. The number of fused-ring (bicyclic) bond motifs is 9. The maximum Gasteiger partial charge on any atom is 0.0541 e. The number of nitrogens with zero attached hydrogens (tertiary/aromatic N) is 2. The van der Waals surface area contributed by atoms with E-state index in [1.165, 1.54) is 132 Å². The fourth-order valence-corrected chi connectivity index (χ4v) is 16.4. The number of hydrogen-bond donors (Lipinski definition) is 0. The molecule has 0 amide bonds. The quantitative estimate of drug-likeness (QED) is 0.118. The van der Waals surface area contributed by atoms with Gasteiger partial charge in [-0.05, 0) is 247 Å². The number of hydrogen-bond acceptors (Lipinski definition) is 1. The number of anilines is 3. The van der Waals surface area contributed by atoms with E-state index < -0.39 is 0 Å². The second-order valence-corrected chi connectivity index (χ2v) is 27.5. The van der Waals surface area contributed by atoms with Crippen LogP contribution in [0.1, 0.15) is 25.0 Å². The molecule has 17 aromatic carbocycles. The summed E-state index contributed by atoms with van der Waals surface area (Å²) in [5, 5.41) is 9.81. The van der Waals surface area contributed by atoms with E-state index in [-0.39, 0.29) is 5.41 Å². The summed E-state index contributed by atoms with van der Waals surface area (Å²) in [4.78, 5) is 2.45. The lowest BCUT2D eigenvalue weighted by Crippen LogP contribution is -2.16. The molecule has 0 saturated heterocycles. The standard InChI is InChI=1S/C99H68N2/c1-99(2)94-41-18-16-35-87(94)88-53-52-81(64-95(88)99)100(79-48-43-67(44-49-79)71-47-56-97-93(63-71)89-36-17-19-42-96(89)101(97)78-31-10-5-11-32-78)80-50-45-68(46-51-80)74-60-76(75-58-72(65-23-6-3-7-24-65)57-73(59-75)66-25-8-4-9-26-66)62-77(61-74)84-54-55-92(86-38-21-30-70-28-13-15-34-83(70)86)98-90(84)39-22-40-91(98)85-37-20-29-69-27-12-14-33-82(69)85/h3-64H,1-2H3. The van der Waals surface area contributed by atoms with Crippen molar-refractivity contribution < 1.29 is 0 Å². The minimum atomic E-state index is -0.187. The third kappa shape index (κ3) is 10.3. The van der Waals surface area contributed by atoms with Crippen LogP contribution in [0.3, 0.4) is 0 Å². The van der Waals surface area contributed by atoms with Crippen LogP contribution in [0.2, 0.25) is 0 Å². The molecule has 0 saturated carbocycles. The van der Waals surface area contributed by atoms with Crippen LogP contribution in [0.4, 0.5) is 17.1 Å². The van der Waals surface area contributed by atoms with Gasteiger partial charge in [-0.1, -0.05) is 287 Å². The predicted octanol–water partition coefficient (Wildman–Crippen LogP) is 27.4. The maximum absolute atomic E-state index is 2.45. The maximum atomic E-state index is 2.45. The summed E-state index contributed by atoms with van der Waals surface area (Å²) in [5.41, 5.74) is 30.6. The van der Waals surface area contributed by atoms with Gasteiger partial charge in [0.25, 0.3) is 0 Å². The molecule has 2 heteroatoms. The molecule has 0 radical (unpaired) electrons. The summed E-state index contributed by atoms with van der Waals surface area (Å²) in [6, 6.07) is 140. The van der Waals surface area contributed by atoms with Gasteiger partial charge in [-0.25, -0.2) is 0 Å². The van der Waals surface area contributed by atoms with E-state index in [2.05, 4.69) is 399 Å². The van der Waals surface area contributed by atoms with Gasteiger partial charge in [0.1, 0.15) is 0 Å². The van der Waals surface area contributed by atoms with Crippen molar-refractivity contribution in [3.05, 3.63) is 387 Å². The van der Waals surface area contributed by atoms with Crippen molar-refractivity contribution in [1.82, 2.24) is 4.57 Å². The molecule has 1 aromatic heterocycles. The monoisotopic (exact) mass is 1280 g/mol. The van der Waals surface area contributed by atoms with Gasteiger partial charge in [-0.2, -0.15) is 0 Å². The summed E-state index contributed by atoms with van der Waals surface area (Å²) in [6.45, 7) is 4.75. The van der Waals surface area contributed by atoms with Crippen LogP contribution in [0, 0.1) is 0 Å². The summed E-state index contributed by atoms with van der Waals surface area (Å²) >= 11 is 0. The van der Waals surface area contributed by atoms with E-state index in [0.717, 1.165) is 56.1 Å². The van der Waals surface area contributed by atoms with Gasteiger partial charge in [0.05, 0.1) is 11.0 Å². The molecular formula is C99H68N2. The first-order valence-corrected chi connectivity index (χ1v) is 35.1. The van der Waals surface area contributed by atoms with Gasteiger partial charge in [0.2, 0.25) is 0 Å². The molecule has 0 unspecified atom stereocenters. The van der Waals surface area contributed by atoms with Crippen LogP contribution in [0.5, 0.6) is 0 Å². The highest BCUT2D eigenvalue weighted by Gasteiger charge is 2.36. The fourth-order valence-electron chi connectivity index (χ4n) is 16.4. The minimum absolute atomic E-state index is 0.187. The third-order valence-electron chi connectivity index (χ3n) is 21.4. The number of benzene rings is 17. The number of para-hydroxylation sites is 2. The van der Waals surface area contributed by atoms with Crippen molar-refractivity contribution in [3.8, 4) is 106 Å². The highest BCUT2D eigenvalue weighted by Crippen LogP contribution is 2.52. The molecule has 0 fully saturated rings. The van der Waals surface area contributed by atoms with Crippen molar-refractivity contribution in [2.45, 2.75) is 19.3 Å². The zero-order valence-electron chi connectivity index (χ0n) is 56.2. The van der Waals surface area contributed by atoms with Crippen molar-refractivity contribution >= 4 is 71.2 Å². The number of aromatic nitrogens is 1. The highest BCUT2D eigenvalue weighted by molar-refractivity contribution is 6.18. The molecule has 1 aliphatic rings. The molecule has 0 spiro atoms. The van der Waals surface area contributed by atoms with Crippen LogP contribution in [-0.2, 0) is 5.41 Å². The molecule has 0 atom stereocenters. The third-order valence-corrected chi connectivity index (χ3v) is 21.4. The van der Waals surface area contributed by atoms with Crippen molar-refractivity contribution in [2.75, 3.05) is 4.90 Å². The van der Waals surface area contributed by atoms with Crippen LogP contribution in [0.25, 0.3) is 160 Å². The van der Waals surface area contributed by atoms with Crippen molar-refractivity contribution in [1.29, 1.82) is 0 Å². The molecule has 0 N–H and O–H groups in total. The molecule has 18 aromatic rings. The largest absolute Gasteiger partial charge is 0.310 e. The van der Waals surface area contributed by atoms with Crippen molar-refractivity contribution in [3.63, 3.8) is 0 Å². The molecule has 1 heterocycles. The predicted molar refractivity (Wildman–Crippen MR) is 429 cm³/mol. The molecule has 0 aliphatic heterocycles. The molecule has 474 valence electrons.